The Labute approximate surface area is 78.4 Å². The molecule has 1 fully saturated rings. The van der Waals surface area contributed by atoms with Crippen LogP contribution in [0.2, 0.25) is 0 Å². The Morgan fingerprint density at radius 1 is 1.38 bits per heavy atom. The Bertz CT molecular complexity index is 249. The van der Waals surface area contributed by atoms with Crippen LogP contribution in [0.25, 0.3) is 0 Å². The van der Waals surface area contributed by atoms with Crippen LogP contribution in [-0.2, 0) is 6.54 Å². The highest BCUT2D eigenvalue weighted by Gasteiger charge is 2.26. The molecule has 1 aliphatic heterocycles. The first-order valence-electron chi connectivity index (χ1n) is 4.86. The van der Waals surface area contributed by atoms with Crippen molar-refractivity contribution < 1.29 is 0 Å². The number of hydrogen-bond acceptors (Lipinski definition) is 3. The van der Waals surface area contributed by atoms with Crippen LogP contribution in [0.3, 0.4) is 0 Å². The van der Waals surface area contributed by atoms with Crippen LogP contribution in [-0.4, -0.2) is 26.8 Å². The minimum atomic E-state index is 0.237. The highest BCUT2D eigenvalue weighted by molar-refractivity contribution is 4.87. The van der Waals surface area contributed by atoms with Gasteiger partial charge in [0.2, 0.25) is 0 Å². The number of aromatic nitrogens is 3. The van der Waals surface area contributed by atoms with Gasteiger partial charge in [0.1, 0.15) is 12.7 Å². The van der Waals surface area contributed by atoms with E-state index in [2.05, 4.69) is 22.4 Å². The van der Waals surface area contributed by atoms with E-state index in [1.807, 2.05) is 4.57 Å². The lowest BCUT2D eigenvalue weighted by Crippen LogP contribution is -2.48. The fourth-order valence-electron chi connectivity index (χ4n) is 1.96. The van der Waals surface area contributed by atoms with E-state index in [1.165, 1.54) is 19.3 Å². The summed E-state index contributed by atoms with van der Waals surface area (Å²) in [5, 5.41) is 11.2. The molecule has 0 aliphatic carbocycles. The van der Waals surface area contributed by atoms with Gasteiger partial charge >= 0.3 is 0 Å². The third-order valence-corrected chi connectivity index (χ3v) is 2.71. The average Bonchev–Trinajstić information content (AvgIpc) is 2.57. The molecule has 1 aromatic heterocycles. The molecule has 0 aromatic carbocycles. The maximum atomic E-state index is 3.80. The molecule has 0 spiro atoms. The van der Waals surface area contributed by atoms with Gasteiger partial charge in [-0.3, -0.25) is 0 Å². The first-order chi connectivity index (χ1) is 6.29. The molecule has 0 amide bonds. The van der Waals surface area contributed by atoms with Crippen molar-refractivity contribution in [1.82, 2.24) is 20.1 Å². The fourth-order valence-corrected chi connectivity index (χ4v) is 1.96. The van der Waals surface area contributed by atoms with E-state index in [0.717, 1.165) is 13.1 Å². The number of nitrogens with zero attached hydrogens (tertiary/aromatic N) is 3. The van der Waals surface area contributed by atoms with Crippen molar-refractivity contribution in [1.29, 1.82) is 0 Å². The SMILES string of the molecule is CC1(Cn2cnnc2)CCCCN1. The molecule has 4 nitrogen and oxygen atoms in total. The third-order valence-electron chi connectivity index (χ3n) is 2.71. The van der Waals surface area contributed by atoms with E-state index in [-0.39, 0.29) is 5.54 Å². The Morgan fingerprint density at radius 2 is 2.15 bits per heavy atom. The highest BCUT2D eigenvalue weighted by atomic mass is 15.2. The van der Waals surface area contributed by atoms with Crippen LogP contribution in [0, 0.1) is 0 Å². The second kappa shape index (κ2) is 3.46. The minimum Gasteiger partial charge on any atom is -0.318 e. The Hall–Kier alpha value is -0.900. The molecular formula is C9H16N4. The molecule has 1 aromatic rings. The number of hydrogen-bond donors (Lipinski definition) is 1. The molecule has 13 heavy (non-hydrogen) atoms. The van der Waals surface area contributed by atoms with Gasteiger partial charge in [-0.15, -0.1) is 10.2 Å². The zero-order chi connectivity index (χ0) is 9.15. The van der Waals surface area contributed by atoms with Crippen molar-refractivity contribution in [3.63, 3.8) is 0 Å². The zero-order valence-electron chi connectivity index (χ0n) is 8.03. The molecule has 2 rings (SSSR count). The van der Waals surface area contributed by atoms with Crippen LogP contribution in [0.15, 0.2) is 12.7 Å². The summed E-state index contributed by atoms with van der Waals surface area (Å²) >= 11 is 0. The van der Waals surface area contributed by atoms with Crippen LogP contribution in [0.4, 0.5) is 0 Å². The summed E-state index contributed by atoms with van der Waals surface area (Å²) in [6, 6.07) is 0. The molecule has 4 heteroatoms. The summed E-state index contributed by atoms with van der Waals surface area (Å²) in [7, 11) is 0. The van der Waals surface area contributed by atoms with Crippen molar-refractivity contribution in [2.45, 2.75) is 38.3 Å². The Balaban J connectivity index is 1.99. The summed E-state index contributed by atoms with van der Waals surface area (Å²) in [4.78, 5) is 0. The zero-order valence-corrected chi connectivity index (χ0v) is 8.03. The minimum absolute atomic E-state index is 0.237. The molecule has 1 saturated heterocycles. The third kappa shape index (κ3) is 2.06. The van der Waals surface area contributed by atoms with Gasteiger partial charge in [-0.05, 0) is 26.3 Å². The van der Waals surface area contributed by atoms with Gasteiger partial charge in [-0.25, -0.2) is 0 Å². The average molecular weight is 180 g/mol. The molecular weight excluding hydrogens is 164 g/mol. The van der Waals surface area contributed by atoms with Gasteiger partial charge in [-0.1, -0.05) is 6.42 Å². The van der Waals surface area contributed by atoms with Crippen molar-refractivity contribution in [2.75, 3.05) is 6.54 Å². The number of rotatable bonds is 2. The second-order valence-electron chi connectivity index (χ2n) is 4.08. The molecule has 0 radical (unpaired) electrons. The standard InChI is InChI=1S/C9H16N4/c1-9(4-2-3-5-10-9)6-13-7-11-12-8-13/h7-8,10H,2-6H2,1H3. The van der Waals surface area contributed by atoms with Crippen LogP contribution >= 0.6 is 0 Å². The topological polar surface area (TPSA) is 42.7 Å². The predicted octanol–water partition coefficient (Wildman–Crippen LogP) is 0.810. The molecule has 2 heterocycles. The lowest BCUT2D eigenvalue weighted by atomic mass is 9.91. The first-order valence-corrected chi connectivity index (χ1v) is 4.86. The maximum Gasteiger partial charge on any atom is 0.119 e. The maximum absolute atomic E-state index is 3.80. The van der Waals surface area contributed by atoms with Gasteiger partial charge in [0.05, 0.1) is 0 Å². The summed E-state index contributed by atoms with van der Waals surface area (Å²) in [6.07, 6.45) is 7.43. The van der Waals surface area contributed by atoms with E-state index in [4.69, 9.17) is 0 Å². The summed E-state index contributed by atoms with van der Waals surface area (Å²) in [6.45, 7) is 4.38. The highest BCUT2D eigenvalue weighted by Crippen LogP contribution is 2.20. The van der Waals surface area contributed by atoms with Crippen molar-refractivity contribution >= 4 is 0 Å². The predicted molar refractivity (Wildman–Crippen MR) is 50.3 cm³/mol. The summed E-state index contributed by atoms with van der Waals surface area (Å²) in [5.74, 6) is 0. The monoisotopic (exact) mass is 180 g/mol. The fraction of sp³-hybridized carbons (Fsp3) is 0.778. The normalized spacial score (nSPS) is 29.0. The van der Waals surface area contributed by atoms with Crippen LogP contribution < -0.4 is 5.32 Å². The van der Waals surface area contributed by atoms with E-state index >= 15 is 0 Å². The summed E-state index contributed by atoms with van der Waals surface area (Å²) in [5.41, 5.74) is 0.237. The Kier molecular flexibility index (Phi) is 2.31. The molecule has 1 atom stereocenters. The quantitative estimate of drug-likeness (QED) is 0.732. The smallest absolute Gasteiger partial charge is 0.119 e. The first kappa shape index (κ1) is 8.69. The lowest BCUT2D eigenvalue weighted by Gasteiger charge is -2.35. The lowest BCUT2D eigenvalue weighted by molar-refractivity contribution is 0.244. The molecule has 0 bridgehead atoms. The number of nitrogens with one attached hydrogen (secondary N) is 1. The summed E-state index contributed by atoms with van der Waals surface area (Å²) < 4.78 is 2.04. The van der Waals surface area contributed by atoms with Gasteiger partial charge in [0.25, 0.3) is 0 Å². The van der Waals surface area contributed by atoms with Gasteiger partial charge < -0.3 is 9.88 Å². The Morgan fingerprint density at radius 3 is 2.77 bits per heavy atom. The molecule has 1 aliphatic rings. The van der Waals surface area contributed by atoms with Crippen LogP contribution in [0.5, 0.6) is 0 Å². The van der Waals surface area contributed by atoms with Crippen LogP contribution in [0.1, 0.15) is 26.2 Å². The van der Waals surface area contributed by atoms with Crippen molar-refractivity contribution in [3.8, 4) is 0 Å². The molecule has 0 saturated carbocycles. The van der Waals surface area contributed by atoms with Gasteiger partial charge in [-0.2, -0.15) is 0 Å². The van der Waals surface area contributed by atoms with Crippen molar-refractivity contribution in [3.05, 3.63) is 12.7 Å². The van der Waals surface area contributed by atoms with E-state index in [1.54, 1.807) is 12.7 Å². The van der Waals surface area contributed by atoms with E-state index < -0.39 is 0 Å². The van der Waals surface area contributed by atoms with Crippen molar-refractivity contribution in [2.24, 2.45) is 0 Å². The van der Waals surface area contributed by atoms with Gasteiger partial charge in [0, 0.05) is 12.1 Å². The van der Waals surface area contributed by atoms with E-state index in [0.29, 0.717) is 0 Å². The second-order valence-corrected chi connectivity index (χ2v) is 4.08. The number of piperidine rings is 1. The van der Waals surface area contributed by atoms with E-state index in [9.17, 15) is 0 Å². The van der Waals surface area contributed by atoms with Gasteiger partial charge in [0.15, 0.2) is 0 Å². The molecule has 1 unspecified atom stereocenters. The molecule has 72 valence electrons. The molecule has 1 N–H and O–H groups in total. The largest absolute Gasteiger partial charge is 0.318 e.